The Labute approximate surface area is 128 Å². The third-order valence-electron chi connectivity index (χ3n) is 4.96. The summed E-state index contributed by atoms with van der Waals surface area (Å²) in [6, 6.07) is 0.416. The summed E-state index contributed by atoms with van der Waals surface area (Å²) in [5.41, 5.74) is 0.0354. The average molecular weight is 301 g/mol. The zero-order valence-corrected chi connectivity index (χ0v) is 14.4. The molecule has 3 nitrogen and oxygen atoms in total. The largest absolute Gasteiger partial charge is 0.377 e. The van der Waals surface area contributed by atoms with Gasteiger partial charge in [0.1, 0.15) is 0 Å². The molecule has 0 aromatic carbocycles. The van der Waals surface area contributed by atoms with Crippen LogP contribution in [-0.2, 0) is 9.47 Å². The lowest BCUT2D eigenvalue weighted by Gasteiger charge is -2.45. The summed E-state index contributed by atoms with van der Waals surface area (Å²) in [7, 11) is 1.83. The molecule has 1 spiro atoms. The molecule has 118 valence electrons. The zero-order chi connectivity index (χ0) is 14.6. The van der Waals surface area contributed by atoms with Gasteiger partial charge in [0.25, 0.3) is 0 Å². The van der Waals surface area contributed by atoms with Crippen LogP contribution in [0, 0.1) is 5.92 Å². The van der Waals surface area contributed by atoms with Crippen LogP contribution in [0.3, 0.4) is 0 Å². The SMILES string of the molecule is CCCNC(C1CCOC2(CCSC2)C1)C(C)(C)OC. The van der Waals surface area contributed by atoms with E-state index < -0.39 is 0 Å². The molecule has 4 heteroatoms. The van der Waals surface area contributed by atoms with Gasteiger partial charge in [0.15, 0.2) is 0 Å². The van der Waals surface area contributed by atoms with E-state index in [2.05, 4.69) is 26.1 Å². The van der Waals surface area contributed by atoms with Crippen LogP contribution in [0.2, 0.25) is 0 Å². The maximum absolute atomic E-state index is 6.17. The highest BCUT2D eigenvalue weighted by molar-refractivity contribution is 7.99. The predicted molar refractivity (Wildman–Crippen MR) is 86.5 cm³/mol. The predicted octanol–water partition coefficient (Wildman–Crippen LogP) is 3.08. The molecule has 1 N–H and O–H groups in total. The van der Waals surface area contributed by atoms with Crippen molar-refractivity contribution in [2.24, 2.45) is 5.92 Å². The van der Waals surface area contributed by atoms with Crippen molar-refractivity contribution < 1.29 is 9.47 Å². The molecule has 2 fully saturated rings. The maximum atomic E-state index is 6.17. The van der Waals surface area contributed by atoms with Crippen LogP contribution in [0.4, 0.5) is 0 Å². The molecule has 0 radical (unpaired) electrons. The average Bonchev–Trinajstić information content (AvgIpc) is 2.87. The van der Waals surface area contributed by atoms with E-state index in [1.54, 1.807) is 0 Å². The standard InChI is InChI=1S/C16H31NO2S/c1-5-8-17-14(15(2,3)18-4)13-6-9-19-16(11-13)7-10-20-12-16/h13-14,17H,5-12H2,1-4H3. The molecule has 0 aliphatic carbocycles. The normalized spacial score (nSPS) is 32.7. The van der Waals surface area contributed by atoms with Gasteiger partial charge in [-0.3, -0.25) is 0 Å². The summed E-state index contributed by atoms with van der Waals surface area (Å²) in [6.45, 7) is 8.63. The molecule has 2 rings (SSSR count). The van der Waals surface area contributed by atoms with Crippen LogP contribution >= 0.6 is 11.8 Å². The van der Waals surface area contributed by atoms with E-state index in [-0.39, 0.29) is 11.2 Å². The Bertz CT molecular complexity index is 303. The van der Waals surface area contributed by atoms with Crippen LogP contribution < -0.4 is 5.32 Å². The quantitative estimate of drug-likeness (QED) is 0.817. The first-order valence-electron chi connectivity index (χ1n) is 8.03. The highest BCUT2D eigenvalue weighted by Gasteiger charge is 2.45. The van der Waals surface area contributed by atoms with Crippen LogP contribution in [0.5, 0.6) is 0 Å². The molecule has 3 unspecified atom stereocenters. The maximum Gasteiger partial charge on any atom is 0.0783 e. The van der Waals surface area contributed by atoms with Crippen LogP contribution in [0.1, 0.15) is 46.5 Å². The highest BCUT2D eigenvalue weighted by atomic mass is 32.2. The molecular weight excluding hydrogens is 270 g/mol. The minimum absolute atomic E-state index is 0.121. The minimum Gasteiger partial charge on any atom is -0.377 e. The molecule has 2 aliphatic rings. The Balaban J connectivity index is 2.07. The summed E-state index contributed by atoms with van der Waals surface area (Å²) in [5, 5.41) is 3.75. The Morgan fingerprint density at radius 2 is 2.30 bits per heavy atom. The van der Waals surface area contributed by atoms with Gasteiger partial charge in [-0.1, -0.05) is 6.92 Å². The van der Waals surface area contributed by atoms with Gasteiger partial charge in [0.05, 0.1) is 11.2 Å². The lowest BCUT2D eigenvalue weighted by Crippen LogP contribution is -2.56. The van der Waals surface area contributed by atoms with Gasteiger partial charge < -0.3 is 14.8 Å². The van der Waals surface area contributed by atoms with Crippen LogP contribution in [0.15, 0.2) is 0 Å². The van der Waals surface area contributed by atoms with E-state index >= 15 is 0 Å². The molecular formula is C16H31NO2S. The van der Waals surface area contributed by atoms with Crippen molar-refractivity contribution in [2.45, 2.75) is 63.7 Å². The molecule has 0 amide bonds. The molecule has 2 heterocycles. The monoisotopic (exact) mass is 301 g/mol. The number of ether oxygens (including phenoxy) is 2. The number of nitrogens with one attached hydrogen (secondary N) is 1. The molecule has 0 aromatic rings. The third kappa shape index (κ3) is 3.70. The molecule has 2 aliphatic heterocycles. The third-order valence-corrected chi connectivity index (χ3v) is 6.18. The van der Waals surface area contributed by atoms with E-state index in [1.165, 1.54) is 30.8 Å². The van der Waals surface area contributed by atoms with E-state index in [0.717, 1.165) is 19.6 Å². The number of hydrogen-bond donors (Lipinski definition) is 1. The molecule has 0 aromatic heterocycles. The van der Waals surface area contributed by atoms with E-state index in [1.807, 2.05) is 18.9 Å². The van der Waals surface area contributed by atoms with Gasteiger partial charge in [-0.05, 0) is 57.7 Å². The molecule has 3 atom stereocenters. The Morgan fingerprint density at radius 3 is 2.90 bits per heavy atom. The fourth-order valence-corrected chi connectivity index (χ4v) is 5.00. The Hall–Kier alpha value is 0.230. The summed E-state index contributed by atoms with van der Waals surface area (Å²) in [4.78, 5) is 0. The van der Waals surface area contributed by atoms with Crippen molar-refractivity contribution in [1.29, 1.82) is 0 Å². The summed E-state index contributed by atoms with van der Waals surface area (Å²) in [5.74, 6) is 3.09. The summed E-state index contributed by atoms with van der Waals surface area (Å²) < 4.78 is 12.0. The van der Waals surface area contributed by atoms with E-state index in [9.17, 15) is 0 Å². The number of methoxy groups -OCH3 is 1. The van der Waals surface area contributed by atoms with Crippen molar-refractivity contribution in [3.8, 4) is 0 Å². The fraction of sp³-hybridized carbons (Fsp3) is 1.00. The van der Waals surface area contributed by atoms with Gasteiger partial charge in [-0.2, -0.15) is 11.8 Å². The zero-order valence-electron chi connectivity index (χ0n) is 13.5. The molecule has 2 saturated heterocycles. The van der Waals surface area contributed by atoms with E-state index in [0.29, 0.717) is 12.0 Å². The van der Waals surface area contributed by atoms with Gasteiger partial charge >= 0.3 is 0 Å². The fourth-order valence-electron chi connectivity index (χ4n) is 3.62. The van der Waals surface area contributed by atoms with Crippen molar-refractivity contribution in [3.05, 3.63) is 0 Å². The van der Waals surface area contributed by atoms with Crippen molar-refractivity contribution in [1.82, 2.24) is 5.32 Å². The first kappa shape index (κ1) is 16.6. The van der Waals surface area contributed by atoms with Gasteiger partial charge in [-0.25, -0.2) is 0 Å². The molecule has 20 heavy (non-hydrogen) atoms. The van der Waals surface area contributed by atoms with Crippen LogP contribution in [-0.4, -0.2) is 49.0 Å². The highest BCUT2D eigenvalue weighted by Crippen LogP contribution is 2.42. The summed E-state index contributed by atoms with van der Waals surface area (Å²) >= 11 is 2.05. The van der Waals surface area contributed by atoms with Gasteiger partial charge in [-0.15, -0.1) is 0 Å². The smallest absolute Gasteiger partial charge is 0.0783 e. The van der Waals surface area contributed by atoms with Crippen molar-refractivity contribution >= 4 is 11.8 Å². The van der Waals surface area contributed by atoms with Crippen molar-refractivity contribution in [3.63, 3.8) is 0 Å². The first-order valence-corrected chi connectivity index (χ1v) is 9.19. The van der Waals surface area contributed by atoms with Gasteiger partial charge in [0, 0.05) is 25.5 Å². The van der Waals surface area contributed by atoms with Crippen molar-refractivity contribution in [2.75, 3.05) is 31.8 Å². The number of hydrogen-bond acceptors (Lipinski definition) is 4. The van der Waals surface area contributed by atoms with E-state index in [4.69, 9.17) is 9.47 Å². The Kier molecular flexibility index (Phi) is 5.80. The van der Waals surface area contributed by atoms with Crippen LogP contribution in [0.25, 0.3) is 0 Å². The Morgan fingerprint density at radius 1 is 1.50 bits per heavy atom. The molecule has 0 saturated carbocycles. The molecule has 0 bridgehead atoms. The lowest BCUT2D eigenvalue weighted by atomic mass is 9.76. The minimum atomic E-state index is -0.121. The number of thioether (sulfide) groups is 1. The first-order chi connectivity index (χ1) is 9.53. The lowest BCUT2D eigenvalue weighted by molar-refractivity contribution is -0.108. The second kappa shape index (κ2) is 6.99. The summed E-state index contributed by atoms with van der Waals surface area (Å²) in [6.07, 6.45) is 4.73. The topological polar surface area (TPSA) is 30.5 Å². The second-order valence-corrected chi connectivity index (χ2v) is 7.93. The number of rotatable bonds is 6. The second-order valence-electron chi connectivity index (χ2n) is 6.83. The van der Waals surface area contributed by atoms with Gasteiger partial charge in [0.2, 0.25) is 0 Å².